The number of nitrogens with one attached hydrogen (secondary N) is 1. The highest BCUT2D eigenvalue weighted by molar-refractivity contribution is 6.06. The predicted octanol–water partition coefficient (Wildman–Crippen LogP) is 6.14. The number of anilines is 3. The largest absolute Gasteiger partial charge is 0.378 e. The number of benzene rings is 3. The van der Waals surface area contributed by atoms with Crippen LogP contribution in [0.25, 0.3) is 0 Å². The van der Waals surface area contributed by atoms with Gasteiger partial charge >= 0.3 is 0 Å². The Bertz CT molecular complexity index is 1320. The highest BCUT2D eigenvalue weighted by Gasteiger charge is 2.43. The Morgan fingerprint density at radius 3 is 2.31 bits per heavy atom. The van der Waals surface area contributed by atoms with E-state index in [1.54, 1.807) is 0 Å². The average Bonchev–Trinajstić information content (AvgIpc) is 2.98. The average molecular weight is 480 g/mol. The maximum Gasteiger partial charge on any atom is 0.232 e. The molecule has 184 valence electrons. The molecule has 0 saturated heterocycles. The quantitative estimate of drug-likeness (QED) is 0.488. The number of hydrogen-bond donors (Lipinski definition) is 1. The van der Waals surface area contributed by atoms with E-state index in [0.29, 0.717) is 12.0 Å². The molecule has 1 aliphatic carbocycles. The third kappa shape index (κ3) is 4.53. The number of rotatable bonds is 4. The zero-order valence-corrected chi connectivity index (χ0v) is 21.4. The highest BCUT2D eigenvalue weighted by Crippen LogP contribution is 2.48. The predicted molar refractivity (Wildman–Crippen MR) is 146 cm³/mol. The van der Waals surface area contributed by atoms with E-state index in [0.717, 1.165) is 40.3 Å². The lowest BCUT2D eigenvalue weighted by Gasteiger charge is -2.37. The Kier molecular flexibility index (Phi) is 6.17. The standard InChI is InChI=1S/C31H33N3O2/c1-31(2)19-25-29(27(35)20-31)30(22-14-16-23(17-15-22)33(3)4)34(26-13-9-8-12-24(26)32-25)28(36)18-21-10-6-5-7-11-21/h5-17,30,32H,18-20H2,1-4H3/t30-/m1/s1. The smallest absolute Gasteiger partial charge is 0.232 e. The van der Waals surface area contributed by atoms with Crippen LogP contribution >= 0.6 is 0 Å². The lowest BCUT2D eigenvalue weighted by molar-refractivity contribution is -0.119. The molecule has 1 atom stereocenters. The molecule has 3 aromatic rings. The van der Waals surface area contributed by atoms with Crippen molar-refractivity contribution in [1.29, 1.82) is 0 Å². The minimum Gasteiger partial charge on any atom is -0.378 e. The molecule has 1 heterocycles. The molecule has 0 radical (unpaired) electrons. The van der Waals surface area contributed by atoms with E-state index in [2.05, 4.69) is 31.3 Å². The molecule has 0 aromatic heterocycles. The summed E-state index contributed by atoms with van der Waals surface area (Å²) in [6.45, 7) is 4.26. The number of allylic oxidation sites excluding steroid dienone is 1. The lowest BCUT2D eigenvalue weighted by atomic mass is 9.73. The Morgan fingerprint density at radius 1 is 0.944 bits per heavy atom. The number of carbonyl (C=O) groups excluding carboxylic acids is 2. The molecule has 2 aliphatic rings. The molecule has 0 fully saturated rings. The molecule has 5 heteroatoms. The monoisotopic (exact) mass is 479 g/mol. The number of fused-ring (bicyclic) bond motifs is 1. The number of carbonyl (C=O) groups is 2. The Labute approximate surface area is 213 Å². The molecule has 5 rings (SSSR count). The summed E-state index contributed by atoms with van der Waals surface area (Å²) in [4.78, 5) is 31.8. The topological polar surface area (TPSA) is 52.7 Å². The van der Waals surface area contributed by atoms with Crippen LogP contribution < -0.4 is 15.1 Å². The van der Waals surface area contributed by atoms with Crippen molar-refractivity contribution < 1.29 is 9.59 Å². The SMILES string of the molecule is CN(C)c1ccc([C@@H]2C3=C(CC(C)(C)CC3=O)Nc3ccccc3N2C(=O)Cc2ccccc2)cc1. The summed E-state index contributed by atoms with van der Waals surface area (Å²) in [6.07, 6.45) is 1.45. The first-order chi connectivity index (χ1) is 17.2. The van der Waals surface area contributed by atoms with Gasteiger partial charge in [-0.2, -0.15) is 0 Å². The normalized spacial score (nSPS) is 18.6. The summed E-state index contributed by atoms with van der Waals surface area (Å²) in [5, 5.41) is 3.58. The van der Waals surface area contributed by atoms with Gasteiger partial charge in [0.2, 0.25) is 5.91 Å². The second-order valence-electron chi connectivity index (χ2n) is 10.8. The summed E-state index contributed by atoms with van der Waals surface area (Å²) in [5.74, 6) is 0.0595. The molecule has 36 heavy (non-hydrogen) atoms. The van der Waals surface area contributed by atoms with Gasteiger partial charge in [0.25, 0.3) is 0 Å². The van der Waals surface area contributed by atoms with Gasteiger partial charge in [-0.15, -0.1) is 0 Å². The molecule has 1 aliphatic heterocycles. The third-order valence-electron chi connectivity index (χ3n) is 7.09. The first kappa shape index (κ1) is 23.9. The number of nitrogens with zero attached hydrogens (tertiary/aromatic N) is 2. The van der Waals surface area contributed by atoms with Crippen molar-refractivity contribution in [3.05, 3.63) is 101 Å². The molecule has 0 bridgehead atoms. The van der Waals surface area contributed by atoms with Crippen molar-refractivity contribution in [3.8, 4) is 0 Å². The van der Waals surface area contributed by atoms with E-state index in [9.17, 15) is 9.59 Å². The van der Waals surface area contributed by atoms with Crippen LogP contribution in [0.2, 0.25) is 0 Å². The first-order valence-electron chi connectivity index (χ1n) is 12.5. The minimum absolute atomic E-state index is 0.0384. The summed E-state index contributed by atoms with van der Waals surface area (Å²) < 4.78 is 0. The van der Waals surface area contributed by atoms with Crippen molar-refractivity contribution in [2.45, 2.75) is 39.2 Å². The second-order valence-corrected chi connectivity index (χ2v) is 10.8. The molecular weight excluding hydrogens is 446 g/mol. The van der Waals surface area contributed by atoms with Gasteiger partial charge in [-0.05, 0) is 47.2 Å². The van der Waals surface area contributed by atoms with Gasteiger partial charge in [0.1, 0.15) is 0 Å². The third-order valence-corrected chi connectivity index (χ3v) is 7.09. The molecule has 0 saturated carbocycles. The highest BCUT2D eigenvalue weighted by atomic mass is 16.2. The van der Waals surface area contributed by atoms with E-state index in [4.69, 9.17) is 0 Å². The van der Waals surface area contributed by atoms with Crippen LogP contribution in [0, 0.1) is 5.41 Å². The maximum absolute atomic E-state index is 14.1. The van der Waals surface area contributed by atoms with Gasteiger partial charge in [-0.3, -0.25) is 14.5 Å². The molecule has 3 aromatic carbocycles. The van der Waals surface area contributed by atoms with Crippen LogP contribution in [0.3, 0.4) is 0 Å². The number of para-hydroxylation sites is 2. The van der Waals surface area contributed by atoms with E-state index in [-0.39, 0.29) is 23.5 Å². The van der Waals surface area contributed by atoms with E-state index in [1.165, 1.54) is 0 Å². The summed E-state index contributed by atoms with van der Waals surface area (Å²) >= 11 is 0. The Morgan fingerprint density at radius 2 is 1.61 bits per heavy atom. The van der Waals surface area contributed by atoms with E-state index in [1.807, 2.05) is 90.6 Å². The summed E-state index contributed by atoms with van der Waals surface area (Å²) in [6, 6.07) is 25.4. The van der Waals surface area contributed by atoms with Gasteiger partial charge in [0.05, 0.1) is 23.8 Å². The van der Waals surface area contributed by atoms with E-state index < -0.39 is 6.04 Å². The molecule has 0 spiro atoms. The minimum atomic E-state index is -0.507. The summed E-state index contributed by atoms with van der Waals surface area (Å²) in [7, 11) is 4.01. The maximum atomic E-state index is 14.1. The number of amides is 1. The first-order valence-corrected chi connectivity index (χ1v) is 12.5. The fourth-order valence-electron chi connectivity index (χ4n) is 5.39. The van der Waals surface area contributed by atoms with Crippen LogP contribution in [-0.2, 0) is 16.0 Å². The van der Waals surface area contributed by atoms with Crippen molar-refractivity contribution in [2.24, 2.45) is 5.41 Å². The fourth-order valence-corrected chi connectivity index (χ4v) is 5.39. The zero-order valence-electron chi connectivity index (χ0n) is 21.4. The number of ketones is 1. The van der Waals surface area contributed by atoms with Crippen LogP contribution in [0.1, 0.15) is 43.9 Å². The van der Waals surface area contributed by atoms with Crippen molar-refractivity contribution in [1.82, 2.24) is 0 Å². The second kappa shape index (κ2) is 9.30. The lowest BCUT2D eigenvalue weighted by Crippen LogP contribution is -2.40. The van der Waals surface area contributed by atoms with Crippen LogP contribution in [0.4, 0.5) is 17.1 Å². The Balaban J connectivity index is 1.71. The van der Waals surface area contributed by atoms with Gasteiger partial charge in [-0.1, -0.05) is 68.4 Å². The summed E-state index contributed by atoms with van der Waals surface area (Å²) in [5.41, 5.74) is 6.05. The molecule has 0 unspecified atom stereocenters. The van der Waals surface area contributed by atoms with Gasteiger partial charge in [0, 0.05) is 37.5 Å². The van der Waals surface area contributed by atoms with Crippen molar-refractivity contribution in [2.75, 3.05) is 29.2 Å². The van der Waals surface area contributed by atoms with Gasteiger partial charge in [0.15, 0.2) is 5.78 Å². The Hall–Kier alpha value is -3.86. The zero-order chi connectivity index (χ0) is 25.4. The van der Waals surface area contributed by atoms with Gasteiger partial charge < -0.3 is 10.2 Å². The fraction of sp³-hybridized carbons (Fsp3) is 0.290. The van der Waals surface area contributed by atoms with Crippen LogP contribution in [0.5, 0.6) is 0 Å². The number of Topliss-reactive ketones (excluding diaryl/α,β-unsaturated/α-hetero) is 1. The molecule has 5 nitrogen and oxygen atoms in total. The molecular formula is C31H33N3O2. The van der Waals surface area contributed by atoms with E-state index >= 15 is 0 Å². The molecule has 1 amide bonds. The van der Waals surface area contributed by atoms with Crippen LogP contribution in [-0.4, -0.2) is 25.8 Å². The number of hydrogen-bond acceptors (Lipinski definition) is 4. The molecule has 1 N–H and O–H groups in total. The van der Waals surface area contributed by atoms with Crippen LogP contribution in [0.15, 0.2) is 90.1 Å². The van der Waals surface area contributed by atoms with Crippen molar-refractivity contribution in [3.63, 3.8) is 0 Å². The van der Waals surface area contributed by atoms with Crippen molar-refractivity contribution >= 4 is 28.8 Å². The van der Waals surface area contributed by atoms with Gasteiger partial charge in [-0.25, -0.2) is 0 Å².